The van der Waals surface area contributed by atoms with Crippen LogP contribution in [0, 0.1) is 0 Å². The Morgan fingerprint density at radius 3 is 2.20 bits per heavy atom. The second kappa shape index (κ2) is 6.62. The summed E-state index contributed by atoms with van der Waals surface area (Å²) in [4.78, 5) is 24.3. The van der Waals surface area contributed by atoms with Gasteiger partial charge in [0, 0.05) is 9.50 Å². The van der Waals surface area contributed by atoms with Crippen molar-refractivity contribution >= 4 is 55.6 Å². The van der Waals surface area contributed by atoms with E-state index < -0.39 is 22.0 Å². The minimum Gasteiger partial charge on any atom is -0.302 e. The zero-order valence-electron chi connectivity index (χ0n) is 12.4. The largest absolute Gasteiger partial charge is 0.343 e. The number of hydrogen-bond donors (Lipinski definition) is 1. The first-order chi connectivity index (χ1) is 11.8. The SMILES string of the molecule is O=C1N/C(=C\c2ccc(Br)cc2)C(=O)N1S(=O)(=O)c1ccc(Cl)cc1. The van der Waals surface area contributed by atoms with Crippen molar-refractivity contribution in [3.05, 3.63) is 69.3 Å². The summed E-state index contributed by atoms with van der Waals surface area (Å²) in [7, 11) is -4.32. The van der Waals surface area contributed by atoms with Gasteiger partial charge in [-0.2, -0.15) is 0 Å². The lowest BCUT2D eigenvalue weighted by atomic mass is 10.2. The van der Waals surface area contributed by atoms with Gasteiger partial charge in [0.2, 0.25) is 0 Å². The standard InChI is InChI=1S/C16H10BrClN2O4S/c17-11-3-1-10(2-4-11)9-14-15(21)20(16(22)19-14)25(23,24)13-7-5-12(18)6-8-13/h1-9H,(H,19,22)/b14-9-. The molecule has 25 heavy (non-hydrogen) atoms. The number of amides is 3. The van der Waals surface area contributed by atoms with Gasteiger partial charge in [-0.05, 0) is 48.0 Å². The van der Waals surface area contributed by atoms with Crippen molar-refractivity contribution < 1.29 is 18.0 Å². The van der Waals surface area contributed by atoms with Gasteiger partial charge in [-0.1, -0.05) is 39.7 Å². The smallest absolute Gasteiger partial charge is 0.302 e. The van der Waals surface area contributed by atoms with Crippen LogP contribution in [0.3, 0.4) is 0 Å². The van der Waals surface area contributed by atoms with Crippen LogP contribution in [0.5, 0.6) is 0 Å². The molecule has 0 radical (unpaired) electrons. The van der Waals surface area contributed by atoms with Crippen LogP contribution >= 0.6 is 27.5 Å². The fraction of sp³-hybridized carbons (Fsp3) is 0. The molecule has 0 spiro atoms. The molecule has 0 unspecified atom stereocenters. The lowest BCUT2D eigenvalue weighted by Gasteiger charge is -2.12. The lowest BCUT2D eigenvalue weighted by molar-refractivity contribution is -0.119. The molecule has 1 fully saturated rings. The lowest BCUT2D eigenvalue weighted by Crippen LogP contribution is -2.36. The van der Waals surface area contributed by atoms with Crippen molar-refractivity contribution in [1.82, 2.24) is 9.62 Å². The molecule has 1 saturated heterocycles. The number of halogens is 2. The summed E-state index contributed by atoms with van der Waals surface area (Å²) in [6.45, 7) is 0. The highest BCUT2D eigenvalue weighted by Gasteiger charge is 2.43. The van der Waals surface area contributed by atoms with Gasteiger partial charge in [0.25, 0.3) is 15.9 Å². The molecule has 1 N–H and O–H groups in total. The van der Waals surface area contributed by atoms with E-state index in [1.807, 2.05) is 0 Å². The number of sulfonamides is 1. The van der Waals surface area contributed by atoms with Crippen LogP contribution < -0.4 is 5.32 Å². The molecule has 3 amide bonds. The Bertz CT molecular complexity index is 986. The van der Waals surface area contributed by atoms with E-state index in [0.29, 0.717) is 10.6 Å². The molecule has 1 aliphatic rings. The van der Waals surface area contributed by atoms with E-state index in [-0.39, 0.29) is 14.9 Å². The Kier molecular flexibility index (Phi) is 4.68. The van der Waals surface area contributed by atoms with E-state index in [1.54, 1.807) is 24.3 Å². The van der Waals surface area contributed by atoms with E-state index in [9.17, 15) is 18.0 Å². The number of nitrogens with zero attached hydrogens (tertiary/aromatic N) is 1. The summed E-state index contributed by atoms with van der Waals surface area (Å²) in [5, 5.41) is 2.63. The van der Waals surface area contributed by atoms with Crippen molar-refractivity contribution in [2.24, 2.45) is 0 Å². The van der Waals surface area contributed by atoms with Gasteiger partial charge in [0.05, 0.1) is 4.90 Å². The maximum absolute atomic E-state index is 12.6. The minimum absolute atomic E-state index is 0.120. The summed E-state index contributed by atoms with van der Waals surface area (Å²) < 4.78 is 26.2. The molecule has 1 heterocycles. The number of urea groups is 1. The minimum atomic E-state index is -4.32. The Hall–Kier alpha value is -2.16. The van der Waals surface area contributed by atoms with E-state index in [1.165, 1.54) is 30.3 Å². The van der Waals surface area contributed by atoms with Gasteiger partial charge < -0.3 is 5.32 Å². The van der Waals surface area contributed by atoms with E-state index in [4.69, 9.17) is 11.6 Å². The quantitative estimate of drug-likeness (QED) is 0.585. The van der Waals surface area contributed by atoms with Gasteiger partial charge in [0.15, 0.2) is 0 Å². The summed E-state index contributed by atoms with van der Waals surface area (Å²) in [5.41, 5.74) is 0.516. The number of hydrogen-bond acceptors (Lipinski definition) is 4. The Labute approximate surface area is 157 Å². The molecule has 2 aromatic rings. The first kappa shape index (κ1) is 17.7. The molecule has 3 rings (SSSR count). The van der Waals surface area contributed by atoms with Crippen molar-refractivity contribution in [1.29, 1.82) is 0 Å². The number of benzene rings is 2. The maximum atomic E-state index is 12.6. The number of carbonyl (C=O) groups excluding carboxylic acids is 2. The average molecular weight is 442 g/mol. The third-order valence-electron chi connectivity index (χ3n) is 3.37. The van der Waals surface area contributed by atoms with E-state index in [0.717, 1.165) is 4.47 Å². The summed E-state index contributed by atoms with van der Waals surface area (Å²) in [5.74, 6) is -0.942. The van der Waals surface area contributed by atoms with Crippen molar-refractivity contribution in [2.45, 2.75) is 4.90 Å². The van der Waals surface area contributed by atoms with Crippen LogP contribution in [0.1, 0.15) is 5.56 Å². The van der Waals surface area contributed by atoms with Gasteiger partial charge in [-0.25, -0.2) is 13.2 Å². The van der Waals surface area contributed by atoms with Crippen LogP contribution in [-0.2, 0) is 14.8 Å². The Morgan fingerprint density at radius 2 is 1.60 bits per heavy atom. The van der Waals surface area contributed by atoms with Crippen LogP contribution in [0.25, 0.3) is 6.08 Å². The van der Waals surface area contributed by atoms with Crippen LogP contribution in [0.15, 0.2) is 63.6 Å². The van der Waals surface area contributed by atoms with Crippen LogP contribution in [0.2, 0.25) is 5.02 Å². The normalized spacial score (nSPS) is 16.4. The van der Waals surface area contributed by atoms with Crippen LogP contribution in [-0.4, -0.2) is 24.7 Å². The van der Waals surface area contributed by atoms with Crippen molar-refractivity contribution in [3.63, 3.8) is 0 Å². The molecule has 128 valence electrons. The third-order valence-corrected chi connectivity index (χ3v) is 5.83. The molecular formula is C16H10BrClN2O4S. The summed E-state index contributed by atoms with van der Waals surface area (Å²) in [6.07, 6.45) is 1.41. The summed E-state index contributed by atoms with van der Waals surface area (Å²) >= 11 is 9.03. The molecule has 0 saturated carbocycles. The van der Waals surface area contributed by atoms with Crippen molar-refractivity contribution in [2.75, 3.05) is 0 Å². The number of nitrogens with one attached hydrogen (secondary N) is 1. The number of imide groups is 1. The molecule has 2 aromatic carbocycles. The summed E-state index contributed by atoms with van der Waals surface area (Å²) in [6, 6.07) is 11.1. The monoisotopic (exact) mass is 440 g/mol. The van der Waals surface area contributed by atoms with Gasteiger partial charge in [-0.15, -0.1) is 4.31 Å². The second-order valence-electron chi connectivity index (χ2n) is 5.07. The van der Waals surface area contributed by atoms with Gasteiger partial charge in [0.1, 0.15) is 5.70 Å². The molecular weight excluding hydrogens is 432 g/mol. The highest BCUT2D eigenvalue weighted by molar-refractivity contribution is 9.10. The molecule has 0 bridgehead atoms. The highest BCUT2D eigenvalue weighted by atomic mass is 79.9. The maximum Gasteiger partial charge on any atom is 0.343 e. The molecule has 0 atom stereocenters. The molecule has 1 aliphatic heterocycles. The highest BCUT2D eigenvalue weighted by Crippen LogP contribution is 2.24. The zero-order valence-corrected chi connectivity index (χ0v) is 15.6. The fourth-order valence-corrected chi connectivity index (χ4v) is 3.84. The van der Waals surface area contributed by atoms with E-state index >= 15 is 0 Å². The predicted octanol–water partition coefficient (Wildman–Crippen LogP) is 3.38. The van der Waals surface area contributed by atoms with Crippen molar-refractivity contribution in [3.8, 4) is 0 Å². The van der Waals surface area contributed by atoms with Gasteiger partial charge in [-0.3, -0.25) is 4.79 Å². The first-order valence-electron chi connectivity index (χ1n) is 6.92. The van der Waals surface area contributed by atoms with E-state index in [2.05, 4.69) is 21.2 Å². The Morgan fingerprint density at radius 1 is 1.00 bits per heavy atom. The Balaban J connectivity index is 1.96. The topological polar surface area (TPSA) is 83.6 Å². The fourth-order valence-electron chi connectivity index (χ4n) is 2.17. The second-order valence-corrected chi connectivity index (χ2v) is 8.21. The van der Waals surface area contributed by atoms with Gasteiger partial charge >= 0.3 is 6.03 Å². The third kappa shape index (κ3) is 3.46. The first-order valence-corrected chi connectivity index (χ1v) is 9.53. The molecule has 0 aromatic heterocycles. The zero-order chi connectivity index (χ0) is 18.2. The average Bonchev–Trinajstić information content (AvgIpc) is 2.84. The molecule has 9 heteroatoms. The predicted molar refractivity (Wildman–Crippen MR) is 96.1 cm³/mol. The number of carbonyl (C=O) groups is 2. The molecule has 0 aliphatic carbocycles. The number of rotatable bonds is 3. The van der Waals surface area contributed by atoms with Crippen LogP contribution in [0.4, 0.5) is 4.79 Å². The molecule has 6 nitrogen and oxygen atoms in total.